The summed E-state index contributed by atoms with van der Waals surface area (Å²) < 4.78 is 25.6. The second kappa shape index (κ2) is 9.08. The van der Waals surface area contributed by atoms with Crippen molar-refractivity contribution in [2.45, 2.75) is 38.0 Å². The topological polar surface area (TPSA) is 34.1 Å². The van der Waals surface area contributed by atoms with Gasteiger partial charge in [0, 0.05) is 12.0 Å². The lowest BCUT2D eigenvalue weighted by Crippen LogP contribution is -2.04. The molecule has 3 heteroatoms. The van der Waals surface area contributed by atoms with Crippen LogP contribution in [0.2, 0.25) is 0 Å². The average Bonchev–Trinajstić information content (AvgIpc) is 2.61. The third-order valence-electron chi connectivity index (χ3n) is 3.48. The molecule has 0 spiro atoms. The predicted molar refractivity (Wildman–Crippen MR) is 103 cm³/mol. The molecule has 0 aromatic heterocycles. The first-order valence-corrected chi connectivity index (χ1v) is 9.75. The fourth-order valence-corrected chi connectivity index (χ4v) is 3.86. The van der Waals surface area contributed by atoms with E-state index in [4.69, 9.17) is 0 Å². The van der Waals surface area contributed by atoms with Crippen LogP contribution in [0.15, 0.2) is 81.8 Å². The maximum absolute atomic E-state index is 12.8. The molecule has 0 N–H and O–H groups in total. The van der Waals surface area contributed by atoms with E-state index in [0.29, 0.717) is 29.1 Å². The fourth-order valence-electron chi connectivity index (χ4n) is 2.31. The zero-order chi connectivity index (χ0) is 18.1. The van der Waals surface area contributed by atoms with Gasteiger partial charge < -0.3 is 0 Å². The molecule has 0 saturated carbocycles. The van der Waals surface area contributed by atoms with E-state index >= 15 is 0 Å². The van der Waals surface area contributed by atoms with Crippen LogP contribution in [0.4, 0.5) is 0 Å². The van der Waals surface area contributed by atoms with Crippen molar-refractivity contribution in [2.24, 2.45) is 0 Å². The van der Waals surface area contributed by atoms with E-state index in [9.17, 15) is 8.42 Å². The minimum atomic E-state index is -3.50. The number of hydrogen-bond donors (Lipinski definition) is 0. The summed E-state index contributed by atoms with van der Waals surface area (Å²) in [5.41, 5.74) is 4.85. The Balaban J connectivity index is 2.11. The molecule has 0 radical (unpaired) electrons. The number of hydrogen-bond acceptors (Lipinski definition) is 2. The Bertz CT molecular complexity index is 918. The van der Waals surface area contributed by atoms with Gasteiger partial charge in [-0.1, -0.05) is 48.2 Å². The van der Waals surface area contributed by atoms with Gasteiger partial charge in [0.2, 0.25) is 9.84 Å². The van der Waals surface area contributed by atoms with Crippen LogP contribution in [0.3, 0.4) is 0 Å². The lowest BCUT2D eigenvalue weighted by Gasteiger charge is -2.06. The Morgan fingerprint density at radius 2 is 1.52 bits per heavy atom. The molecule has 25 heavy (non-hydrogen) atoms. The molecule has 2 aromatic carbocycles. The van der Waals surface area contributed by atoms with Crippen molar-refractivity contribution in [3.05, 3.63) is 82.4 Å². The molecule has 128 valence electrons. The van der Waals surface area contributed by atoms with Crippen LogP contribution >= 0.6 is 0 Å². The molecule has 2 nitrogen and oxygen atoms in total. The third-order valence-corrected chi connectivity index (χ3v) is 5.33. The average molecular weight is 350 g/mol. The standard InChI is InChI=1S/C22H22O2S/c1-19(2)18-22(25(23,24)21-15-9-5-10-16-21)17-11-4-8-14-20-12-6-3-7-13-20/h3,5-7,9-10,12-13,15-16H,4,11,17H2,1-2H3. The molecule has 2 rings (SSSR count). The molecule has 0 aliphatic carbocycles. The minimum absolute atomic E-state index is 0.314. The van der Waals surface area contributed by atoms with Gasteiger partial charge in [-0.05, 0) is 56.5 Å². The van der Waals surface area contributed by atoms with E-state index < -0.39 is 9.84 Å². The molecule has 0 bridgehead atoms. The van der Waals surface area contributed by atoms with E-state index in [-0.39, 0.29) is 0 Å². The van der Waals surface area contributed by atoms with Crippen molar-refractivity contribution in [2.75, 3.05) is 0 Å². The minimum Gasteiger partial charge on any atom is -0.218 e. The molecular formula is C22H22O2S. The van der Waals surface area contributed by atoms with Gasteiger partial charge in [0.05, 0.1) is 9.80 Å². The molecule has 2 aromatic rings. The van der Waals surface area contributed by atoms with E-state index in [1.54, 1.807) is 24.3 Å². The van der Waals surface area contributed by atoms with Crippen LogP contribution in [-0.2, 0) is 9.84 Å². The second-order valence-electron chi connectivity index (χ2n) is 5.89. The van der Waals surface area contributed by atoms with E-state index in [1.165, 1.54) is 0 Å². The Kier molecular flexibility index (Phi) is 6.83. The summed E-state index contributed by atoms with van der Waals surface area (Å²) in [7, 11) is -3.50. The number of unbranched alkanes of at least 4 members (excludes halogenated alkanes) is 1. The van der Waals surface area contributed by atoms with Gasteiger partial charge in [0.15, 0.2) is 0 Å². The van der Waals surface area contributed by atoms with Gasteiger partial charge in [-0.25, -0.2) is 8.42 Å². The number of sulfone groups is 1. The van der Waals surface area contributed by atoms with Crippen LogP contribution in [0.25, 0.3) is 0 Å². The predicted octanol–water partition coefficient (Wildman–Crippen LogP) is 5.13. The first-order valence-electron chi connectivity index (χ1n) is 8.27. The van der Waals surface area contributed by atoms with Crippen molar-refractivity contribution in [3.63, 3.8) is 0 Å². The Labute approximate surface area is 150 Å². The smallest absolute Gasteiger partial charge is 0.210 e. The summed E-state index contributed by atoms with van der Waals surface area (Å²) in [4.78, 5) is 0.648. The highest BCUT2D eigenvalue weighted by Crippen LogP contribution is 2.23. The maximum atomic E-state index is 12.8. The van der Waals surface area contributed by atoms with Crippen LogP contribution in [-0.4, -0.2) is 8.42 Å². The summed E-state index contributed by atoms with van der Waals surface area (Å²) in [6.45, 7) is 3.71. The third kappa shape index (κ3) is 5.80. The van der Waals surface area contributed by atoms with Crippen LogP contribution in [0, 0.1) is 11.8 Å². The van der Waals surface area contributed by atoms with Crippen molar-refractivity contribution >= 4 is 9.84 Å². The summed E-state index contributed by atoms with van der Waals surface area (Å²) in [6, 6.07) is 18.3. The van der Waals surface area contributed by atoms with Crippen LogP contribution in [0.5, 0.6) is 0 Å². The van der Waals surface area contributed by atoms with Crippen molar-refractivity contribution in [1.29, 1.82) is 0 Å². The van der Waals surface area contributed by atoms with Gasteiger partial charge in [-0.15, -0.1) is 5.73 Å². The van der Waals surface area contributed by atoms with Gasteiger partial charge in [-0.2, -0.15) is 0 Å². The first kappa shape index (κ1) is 18.8. The highest BCUT2D eigenvalue weighted by Gasteiger charge is 2.19. The van der Waals surface area contributed by atoms with Crippen molar-refractivity contribution in [3.8, 4) is 11.8 Å². The van der Waals surface area contributed by atoms with Gasteiger partial charge in [-0.3, -0.25) is 0 Å². The number of rotatable bonds is 5. The summed E-state index contributed by atoms with van der Waals surface area (Å²) in [5.74, 6) is 6.20. The quantitative estimate of drug-likeness (QED) is 0.425. The second-order valence-corrected chi connectivity index (χ2v) is 7.86. The molecule has 0 unspecified atom stereocenters. The Morgan fingerprint density at radius 3 is 2.12 bits per heavy atom. The first-order chi connectivity index (χ1) is 12.0. The van der Waals surface area contributed by atoms with E-state index in [1.807, 2.05) is 50.2 Å². The van der Waals surface area contributed by atoms with Gasteiger partial charge in [0.25, 0.3) is 0 Å². The van der Waals surface area contributed by atoms with E-state index in [2.05, 4.69) is 17.6 Å². The van der Waals surface area contributed by atoms with Gasteiger partial charge >= 0.3 is 0 Å². The molecule has 0 aliphatic rings. The molecule has 0 saturated heterocycles. The molecule has 0 aliphatic heterocycles. The van der Waals surface area contributed by atoms with E-state index in [0.717, 1.165) is 11.1 Å². The summed E-state index contributed by atoms with van der Waals surface area (Å²) in [6.07, 6.45) is 1.76. The lowest BCUT2D eigenvalue weighted by molar-refractivity contribution is 0.599. The lowest BCUT2D eigenvalue weighted by atomic mass is 10.2. The molecule has 0 atom stereocenters. The summed E-state index contributed by atoms with van der Waals surface area (Å²) >= 11 is 0. The van der Waals surface area contributed by atoms with Crippen molar-refractivity contribution in [1.82, 2.24) is 0 Å². The largest absolute Gasteiger partial charge is 0.218 e. The maximum Gasteiger partial charge on any atom is 0.210 e. The number of allylic oxidation sites excluding steroid dienone is 1. The van der Waals surface area contributed by atoms with Gasteiger partial charge in [0.1, 0.15) is 0 Å². The Hall–Kier alpha value is -2.53. The highest BCUT2D eigenvalue weighted by atomic mass is 32.2. The monoisotopic (exact) mass is 350 g/mol. The zero-order valence-electron chi connectivity index (χ0n) is 14.6. The fraction of sp³-hybridized carbons (Fsp3) is 0.227. The SMILES string of the molecule is CC(C)=C=C(CCCC#Cc1ccccc1)S(=O)(=O)c1ccccc1. The summed E-state index contributed by atoms with van der Waals surface area (Å²) in [5, 5.41) is 0. The number of benzene rings is 2. The highest BCUT2D eigenvalue weighted by molar-refractivity contribution is 7.95. The van der Waals surface area contributed by atoms with Crippen LogP contribution < -0.4 is 0 Å². The molecule has 0 heterocycles. The molecular weight excluding hydrogens is 328 g/mol. The normalized spacial score (nSPS) is 10.3. The molecule has 0 fully saturated rings. The van der Waals surface area contributed by atoms with Crippen LogP contribution in [0.1, 0.15) is 38.7 Å². The Morgan fingerprint density at radius 1 is 0.920 bits per heavy atom. The molecule has 0 amide bonds. The van der Waals surface area contributed by atoms with Crippen molar-refractivity contribution < 1.29 is 8.42 Å². The zero-order valence-corrected chi connectivity index (χ0v) is 15.4.